The number of nitrogens with one attached hydrogen (secondary N) is 2. The maximum Gasteiger partial charge on any atom is 0.401 e. The van der Waals surface area contributed by atoms with Crippen LogP contribution in [0.15, 0.2) is 31.1 Å². The molecule has 7 nitrogen and oxygen atoms in total. The summed E-state index contributed by atoms with van der Waals surface area (Å²) in [6.07, 6.45) is 4.98. The van der Waals surface area contributed by atoms with E-state index in [-0.39, 0.29) is 12.6 Å². The highest BCUT2D eigenvalue weighted by atomic mass is 19.4. The molecule has 2 N–H and O–H groups in total. The summed E-state index contributed by atoms with van der Waals surface area (Å²) in [5.41, 5.74) is 2.32. The second-order valence-electron chi connectivity index (χ2n) is 6.13. The van der Waals surface area contributed by atoms with E-state index in [9.17, 15) is 13.2 Å². The fraction of sp³-hybridized carbons (Fsp3) is 0.375. The molecule has 0 aliphatic carbocycles. The second-order valence-corrected chi connectivity index (χ2v) is 6.13. The molecule has 3 aromatic heterocycles. The number of alkyl halides is 3. The average Bonchev–Trinajstić information content (AvgIpc) is 3.02. The van der Waals surface area contributed by atoms with Crippen LogP contribution in [0.5, 0.6) is 0 Å². The van der Waals surface area contributed by atoms with Crippen LogP contribution in [0, 0.1) is 0 Å². The molecule has 26 heavy (non-hydrogen) atoms. The van der Waals surface area contributed by atoms with E-state index in [1.54, 1.807) is 24.8 Å². The van der Waals surface area contributed by atoms with Gasteiger partial charge in [-0.05, 0) is 6.42 Å². The fourth-order valence-electron chi connectivity index (χ4n) is 3.03. The van der Waals surface area contributed by atoms with Crippen LogP contribution in [-0.2, 0) is 0 Å². The molecule has 0 unspecified atom stereocenters. The van der Waals surface area contributed by atoms with Crippen LogP contribution in [0.3, 0.4) is 0 Å². The van der Waals surface area contributed by atoms with E-state index in [1.807, 2.05) is 4.90 Å². The minimum atomic E-state index is -4.19. The second kappa shape index (κ2) is 6.52. The summed E-state index contributed by atoms with van der Waals surface area (Å²) in [5, 5.41) is 3.29. The third-order valence-corrected chi connectivity index (χ3v) is 4.42. The number of anilines is 1. The Hall–Kier alpha value is -2.75. The van der Waals surface area contributed by atoms with Gasteiger partial charge in [0.25, 0.3) is 0 Å². The predicted octanol–water partition coefficient (Wildman–Crippen LogP) is 2.15. The van der Waals surface area contributed by atoms with Crippen LogP contribution >= 0.6 is 0 Å². The molecule has 0 bridgehead atoms. The van der Waals surface area contributed by atoms with Gasteiger partial charge in [-0.3, -0.25) is 0 Å². The Labute approximate surface area is 146 Å². The molecule has 0 spiro atoms. The Bertz CT molecular complexity index is 891. The maximum atomic E-state index is 12.2. The topological polar surface area (TPSA) is 82.6 Å². The lowest BCUT2D eigenvalue weighted by molar-refractivity contribution is -0.124. The van der Waals surface area contributed by atoms with Crippen LogP contribution in [0.25, 0.3) is 22.4 Å². The smallest absolute Gasteiger partial charge is 0.365 e. The van der Waals surface area contributed by atoms with Gasteiger partial charge in [0.15, 0.2) is 5.82 Å². The SMILES string of the molecule is FC(F)(F)CNC[C@@H]1CCN1c1cnc(-c2c[nH]c3ncncc23)nc1. The average molecular weight is 363 g/mol. The summed E-state index contributed by atoms with van der Waals surface area (Å²) in [7, 11) is 0. The zero-order valence-electron chi connectivity index (χ0n) is 13.7. The molecule has 4 rings (SSSR count). The molecule has 0 radical (unpaired) electrons. The van der Waals surface area contributed by atoms with E-state index in [4.69, 9.17) is 0 Å². The van der Waals surface area contributed by atoms with Gasteiger partial charge in [0.1, 0.15) is 12.0 Å². The Morgan fingerprint density at radius 3 is 2.69 bits per heavy atom. The quantitative estimate of drug-likeness (QED) is 0.723. The zero-order chi connectivity index (χ0) is 18.1. The first-order chi connectivity index (χ1) is 12.5. The van der Waals surface area contributed by atoms with Crippen molar-refractivity contribution in [2.45, 2.75) is 18.6 Å². The summed E-state index contributed by atoms with van der Waals surface area (Å²) >= 11 is 0. The Morgan fingerprint density at radius 2 is 2.00 bits per heavy atom. The number of halogens is 3. The molecule has 1 fully saturated rings. The van der Waals surface area contributed by atoms with E-state index in [0.29, 0.717) is 11.5 Å². The van der Waals surface area contributed by atoms with Gasteiger partial charge in [-0.1, -0.05) is 0 Å². The Balaban J connectivity index is 1.45. The van der Waals surface area contributed by atoms with Gasteiger partial charge < -0.3 is 15.2 Å². The Morgan fingerprint density at radius 1 is 1.19 bits per heavy atom. The van der Waals surface area contributed by atoms with Crippen molar-refractivity contribution in [2.24, 2.45) is 0 Å². The number of rotatable bonds is 5. The maximum absolute atomic E-state index is 12.2. The number of H-pyrrole nitrogens is 1. The van der Waals surface area contributed by atoms with Crippen molar-refractivity contribution in [1.29, 1.82) is 0 Å². The number of fused-ring (bicyclic) bond motifs is 1. The number of aromatic amines is 1. The van der Waals surface area contributed by atoms with Crippen LogP contribution in [0.4, 0.5) is 18.9 Å². The minimum absolute atomic E-state index is 0.0216. The molecular weight excluding hydrogens is 347 g/mol. The highest BCUT2D eigenvalue weighted by Gasteiger charge is 2.31. The third-order valence-electron chi connectivity index (χ3n) is 4.42. The van der Waals surface area contributed by atoms with Crippen LogP contribution < -0.4 is 10.2 Å². The monoisotopic (exact) mass is 363 g/mol. The van der Waals surface area contributed by atoms with Crippen molar-refractivity contribution in [3.63, 3.8) is 0 Å². The highest BCUT2D eigenvalue weighted by molar-refractivity contribution is 5.90. The van der Waals surface area contributed by atoms with Gasteiger partial charge in [-0.25, -0.2) is 19.9 Å². The summed E-state index contributed by atoms with van der Waals surface area (Å²) in [5.74, 6) is 0.544. The minimum Gasteiger partial charge on any atom is -0.365 e. The van der Waals surface area contributed by atoms with Crippen LogP contribution in [0.1, 0.15) is 6.42 Å². The summed E-state index contributed by atoms with van der Waals surface area (Å²) in [6, 6.07) is 0.0216. The van der Waals surface area contributed by atoms with Gasteiger partial charge in [0, 0.05) is 42.5 Å². The van der Waals surface area contributed by atoms with Crippen molar-refractivity contribution in [3.8, 4) is 11.4 Å². The van der Waals surface area contributed by atoms with Gasteiger partial charge in [0.2, 0.25) is 0 Å². The van der Waals surface area contributed by atoms with Crippen molar-refractivity contribution < 1.29 is 13.2 Å². The van der Waals surface area contributed by atoms with Gasteiger partial charge in [-0.15, -0.1) is 0 Å². The highest BCUT2D eigenvalue weighted by Crippen LogP contribution is 2.28. The molecule has 10 heteroatoms. The van der Waals surface area contributed by atoms with Gasteiger partial charge >= 0.3 is 6.18 Å². The van der Waals surface area contributed by atoms with Crippen LogP contribution in [0.2, 0.25) is 0 Å². The molecule has 136 valence electrons. The molecule has 4 heterocycles. The van der Waals surface area contributed by atoms with E-state index in [2.05, 4.69) is 30.2 Å². The number of aromatic nitrogens is 5. The van der Waals surface area contributed by atoms with Crippen molar-refractivity contribution in [1.82, 2.24) is 30.2 Å². The number of nitrogens with zero attached hydrogens (tertiary/aromatic N) is 5. The summed E-state index contributed by atoms with van der Waals surface area (Å²) < 4.78 is 36.7. The normalized spacial score (nSPS) is 17.5. The first-order valence-corrected chi connectivity index (χ1v) is 8.15. The van der Waals surface area contributed by atoms with E-state index < -0.39 is 12.7 Å². The van der Waals surface area contributed by atoms with E-state index >= 15 is 0 Å². The lowest BCUT2D eigenvalue weighted by Gasteiger charge is -2.42. The third kappa shape index (κ3) is 3.32. The van der Waals surface area contributed by atoms with E-state index in [1.165, 1.54) is 6.33 Å². The van der Waals surface area contributed by atoms with Crippen molar-refractivity contribution in [2.75, 3.05) is 24.5 Å². The summed E-state index contributed by atoms with van der Waals surface area (Å²) in [4.78, 5) is 22.0. The molecule has 0 amide bonds. The molecule has 1 aliphatic rings. The van der Waals surface area contributed by atoms with Crippen molar-refractivity contribution >= 4 is 16.7 Å². The standard InChI is InChI=1S/C16H16F3N7/c17-16(18,19)8-20-3-10-1-2-26(10)11-4-22-14(23-5-11)13-7-24-15-12(13)6-21-9-25-15/h4-7,9-10,20H,1-3,8H2,(H,21,24,25)/t10-/m0/s1. The molecule has 1 aliphatic heterocycles. The summed E-state index contributed by atoms with van der Waals surface area (Å²) in [6.45, 7) is 0.0818. The first-order valence-electron chi connectivity index (χ1n) is 8.15. The fourth-order valence-corrected chi connectivity index (χ4v) is 3.03. The Kier molecular flexibility index (Phi) is 4.19. The zero-order valence-corrected chi connectivity index (χ0v) is 13.7. The molecule has 1 atom stereocenters. The molecular formula is C16H16F3N7. The molecule has 1 saturated heterocycles. The van der Waals surface area contributed by atoms with Gasteiger partial charge in [-0.2, -0.15) is 13.2 Å². The number of hydrogen-bond donors (Lipinski definition) is 2. The first kappa shape index (κ1) is 16.7. The lowest BCUT2D eigenvalue weighted by Crippen LogP contribution is -2.53. The lowest BCUT2D eigenvalue weighted by atomic mass is 10.0. The van der Waals surface area contributed by atoms with Gasteiger partial charge in [0.05, 0.1) is 24.6 Å². The molecule has 0 aromatic carbocycles. The largest absolute Gasteiger partial charge is 0.401 e. The number of hydrogen-bond acceptors (Lipinski definition) is 6. The molecule has 0 saturated carbocycles. The molecule has 3 aromatic rings. The van der Waals surface area contributed by atoms with E-state index in [0.717, 1.165) is 29.6 Å². The predicted molar refractivity (Wildman–Crippen MR) is 89.6 cm³/mol. The van der Waals surface area contributed by atoms with Crippen molar-refractivity contribution in [3.05, 3.63) is 31.1 Å². The van der Waals surface area contributed by atoms with Crippen LogP contribution in [-0.4, -0.2) is 56.8 Å².